The molecule has 0 aliphatic carbocycles. The number of hydrogen-bond acceptors (Lipinski definition) is 4. The second-order valence-corrected chi connectivity index (χ2v) is 8.23. The third kappa shape index (κ3) is 6.04. The van der Waals surface area contributed by atoms with Crippen LogP contribution in [0.15, 0.2) is 77.7 Å². The van der Waals surface area contributed by atoms with Crippen molar-refractivity contribution in [2.75, 3.05) is 5.75 Å². The van der Waals surface area contributed by atoms with Crippen LogP contribution >= 0.6 is 11.8 Å². The van der Waals surface area contributed by atoms with E-state index in [0.717, 1.165) is 16.0 Å². The van der Waals surface area contributed by atoms with Crippen molar-refractivity contribution in [2.24, 2.45) is 0 Å². The highest BCUT2D eigenvalue weighted by molar-refractivity contribution is 7.99. The van der Waals surface area contributed by atoms with Crippen molar-refractivity contribution in [3.05, 3.63) is 101 Å². The number of halogens is 1. The number of carbonyl (C=O) groups excluding carboxylic acids is 2. The first-order valence-corrected chi connectivity index (χ1v) is 10.7. The standard InChI is InChI=1S/C25H23FO3S/c1-17-3-7-19(8-4-17)24(28)25(20-9-5-18(2)6-10-20)29-23(27)15-16-30-22-13-11-21(26)12-14-22/h3-14,25H,15-16H2,1-2H3/t25-/m0/s1. The summed E-state index contributed by atoms with van der Waals surface area (Å²) in [6.45, 7) is 3.91. The average Bonchev–Trinajstić information content (AvgIpc) is 2.74. The fourth-order valence-electron chi connectivity index (χ4n) is 2.86. The number of carbonyl (C=O) groups is 2. The highest BCUT2D eigenvalue weighted by Crippen LogP contribution is 2.25. The molecule has 0 spiro atoms. The molecule has 0 amide bonds. The SMILES string of the molecule is Cc1ccc(C(=O)[C@@H](OC(=O)CCSc2ccc(F)cc2)c2ccc(C)cc2)cc1. The van der Waals surface area contributed by atoms with Gasteiger partial charge in [-0.2, -0.15) is 0 Å². The van der Waals surface area contributed by atoms with E-state index in [1.165, 1.54) is 23.9 Å². The van der Waals surface area contributed by atoms with Crippen molar-refractivity contribution in [1.29, 1.82) is 0 Å². The Balaban J connectivity index is 1.69. The number of ketones is 1. The molecule has 3 aromatic carbocycles. The van der Waals surface area contributed by atoms with Gasteiger partial charge >= 0.3 is 5.97 Å². The van der Waals surface area contributed by atoms with Crippen LogP contribution in [0.25, 0.3) is 0 Å². The third-order valence-corrected chi connectivity index (χ3v) is 5.61. The second kappa shape index (κ2) is 10.2. The van der Waals surface area contributed by atoms with Gasteiger partial charge in [0.25, 0.3) is 0 Å². The van der Waals surface area contributed by atoms with Gasteiger partial charge in [-0.25, -0.2) is 4.39 Å². The van der Waals surface area contributed by atoms with E-state index >= 15 is 0 Å². The van der Waals surface area contributed by atoms with Crippen molar-refractivity contribution >= 4 is 23.5 Å². The molecule has 3 rings (SSSR count). The number of ether oxygens (including phenoxy) is 1. The highest BCUT2D eigenvalue weighted by atomic mass is 32.2. The Bertz CT molecular complexity index is 996. The molecule has 3 aromatic rings. The summed E-state index contributed by atoms with van der Waals surface area (Å²) in [6.07, 6.45) is -0.845. The van der Waals surface area contributed by atoms with Crippen LogP contribution in [0.5, 0.6) is 0 Å². The Morgan fingerprint density at radius 1 is 0.867 bits per heavy atom. The summed E-state index contributed by atoms with van der Waals surface area (Å²) in [5.74, 6) is -0.521. The molecule has 0 aromatic heterocycles. The number of rotatable bonds is 8. The van der Waals surface area contributed by atoms with E-state index in [1.807, 2.05) is 50.2 Å². The zero-order valence-corrected chi connectivity index (χ0v) is 17.7. The van der Waals surface area contributed by atoms with Crippen molar-refractivity contribution in [1.82, 2.24) is 0 Å². The fraction of sp³-hybridized carbons (Fsp3) is 0.200. The third-order valence-electron chi connectivity index (χ3n) is 4.59. The number of Topliss-reactive ketones (excluding diaryl/α,β-unsaturated/α-hetero) is 1. The smallest absolute Gasteiger partial charge is 0.307 e. The summed E-state index contributed by atoms with van der Waals surface area (Å²) in [5, 5.41) is 0. The van der Waals surface area contributed by atoms with Crippen LogP contribution in [-0.4, -0.2) is 17.5 Å². The van der Waals surface area contributed by atoms with E-state index in [9.17, 15) is 14.0 Å². The van der Waals surface area contributed by atoms with Gasteiger partial charge < -0.3 is 4.74 Å². The maximum absolute atomic E-state index is 13.1. The molecule has 0 unspecified atom stereocenters. The minimum absolute atomic E-state index is 0.144. The number of benzene rings is 3. The van der Waals surface area contributed by atoms with Crippen molar-refractivity contribution in [2.45, 2.75) is 31.3 Å². The monoisotopic (exact) mass is 422 g/mol. The molecule has 5 heteroatoms. The van der Waals surface area contributed by atoms with E-state index in [4.69, 9.17) is 4.74 Å². The van der Waals surface area contributed by atoms with Crippen LogP contribution in [-0.2, 0) is 9.53 Å². The Morgan fingerprint density at radius 2 is 1.43 bits per heavy atom. The lowest BCUT2D eigenvalue weighted by molar-refractivity contribution is -0.146. The molecule has 0 aliphatic rings. The van der Waals surface area contributed by atoms with Crippen molar-refractivity contribution in [3.63, 3.8) is 0 Å². The lowest BCUT2D eigenvalue weighted by atomic mass is 9.98. The Hall–Kier alpha value is -2.92. The number of aryl methyl sites for hydroxylation is 2. The number of esters is 1. The first kappa shape index (κ1) is 21.8. The van der Waals surface area contributed by atoms with Gasteiger partial charge in [-0.1, -0.05) is 59.7 Å². The van der Waals surface area contributed by atoms with Crippen LogP contribution in [0.1, 0.15) is 39.6 Å². The summed E-state index contributed by atoms with van der Waals surface area (Å²) >= 11 is 1.44. The molecule has 0 heterocycles. The second-order valence-electron chi connectivity index (χ2n) is 7.06. The molecule has 0 bridgehead atoms. The fourth-order valence-corrected chi connectivity index (χ4v) is 3.69. The lowest BCUT2D eigenvalue weighted by Gasteiger charge is -2.18. The molecule has 154 valence electrons. The van der Waals surface area contributed by atoms with Gasteiger partial charge in [-0.05, 0) is 38.1 Å². The summed E-state index contributed by atoms with van der Waals surface area (Å²) in [5.41, 5.74) is 3.25. The van der Waals surface area contributed by atoms with E-state index in [-0.39, 0.29) is 18.0 Å². The highest BCUT2D eigenvalue weighted by Gasteiger charge is 2.26. The normalized spacial score (nSPS) is 11.7. The van der Waals surface area contributed by atoms with Crippen LogP contribution in [0, 0.1) is 19.7 Å². The molecule has 0 saturated carbocycles. The first-order chi connectivity index (χ1) is 14.4. The Morgan fingerprint density at radius 3 is 2.03 bits per heavy atom. The van der Waals surface area contributed by atoms with Gasteiger partial charge in [0.2, 0.25) is 5.78 Å². The molecule has 3 nitrogen and oxygen atoms in total. The maximum Gasteiger partial charge on any atom is 0.307 e. The van der Waals surface area contributed by atoms with Crippen LogP contribution < -0.4 is 0 Å². The largest absolute Gasteiger partial charge is 0.449 e. The summed E-state index contributed by atoms with van der Waals surface area (Å²) < 4.78 is 18.6. The van der Waals surface area contributed by atoms with E-state index in [1.54, 1.807) is 24.3 Å². The lowest BCUT2D eigenvalue weighted by Crippen LogP contribution is -2.20. The summed E-state index contributed by atoms with van der Waals surface area (Å²) in [7, 11) is 0. The molecule has 0 fully saturated rings. The summed E-state index contributed by atoms with van der Waals surface area (Å²) in [6, 6.07) is 20.7. The molecule has 0 aliphatic heterocycles. The quantitative estimate of drug-likeness (QED) is 0.250. The van der Waals surface area contributed by atoms with Crippen LogP contribution in [0.3, 0.4) is 0 Å². The van der Waals surface area contributed by atoms with Crippen molar-refractivity contribution < 1.29 is 18.7 Å². The minimum Gasteiger partial charge on any atom is -0.449 e. The van der Waals surface area contributed by atoms with Gasteiger partial charge in [0.1, 0.15) is 5.82 Å². The molecule has 1 atom stereocenters. The van der Waals surface area contributed by atoms with Gasteiger partial charge in [0.05, 0.1) is 6.42 Å². The van der Waals surface area contributed by atoms with Crippen LogP contribution in [0.4, 0.5) is 4.39 Å². The minimum atomic E-state index is -0.989. The van der Waals surface area contributed by atoms with Gasteiger partial charge in [-0.3, -0.25) is 9.59 Å². The molecule has 0 N–H and O–H groups in total. The zero-order valence-electron chi connectivity index (χ0n) is 16.9. The number of hydrogen-bond donors (Lipinski definition) is 0. The Kier molecular flexibility index (Phi) is 7.41. The van der Waals surface area contributed by atoms with Crippen LogP contribution in [0.2, 0.25) is 0 Å². The molecular weight excluding hydrogens is 399 g/mol. The molecule has 0 saturated heterocycles. The van der Waals surface area contributed by atoms with Gasteiger partial charge in [-0.15, -0.1) is 11.8 Å². The molecule has 30 heavy (non-hydrogen) atoms. The predicted molar refractivity (Wildman–Crippen MR) is 117 cm³/mol. The van der Waals surface area contributed by atoms with Crippen molar-refractivity contribution in [3.8, 4) is 0 Å². The first-order valence-electron chi connectivity index (χ1n) is 9.67. The number of thioether (sulfide) groups is 1. The van der Waals surface area contributed by atoms with E-state index in [2.05, 4.69) is 0 Å². The topological polar surface area (TPSA) is 43.4 Å². The summed E-state index contributed by atoms with van der Waals surface area (Å²) in [4.78, 5) is 26.4. The molecule has 0 radical (unpaired) electrons. The van der Waals surface area contributed by atoms with E-state index in [0.29, 0.717) is 16.9 Å². The van der Waals surface area contributed by atoms with Gasteiger partial charge in [0, 0.05) is 21.8 Å². The zero-order chi connectivity index (χ0) is 21.5. The average molecular weight is 423 g/mol. The predicted octanol–water partition coefficient (Wildman–Crippen LogP) is 6.09. The van der Waals surface area contributed by atoms with Gasteiger partial charge in [0.15, 0.2) is 6.10 Å². The molecular formula is C25H23FO3S. The van der Waals surface area contributed by atoms with E-state index < -0.39 is 12.1 Å². The maximum atomic E-state index is 13.1. The Labute approximate surface area is 180 Å².